The summed E-state index contributed by atoms with van der Waals surface area (Å²) in [5.41, 5.74) is 10.6. The molecular formula is C50H66N6O8S2. The topological polar surface area (TPSA) is 215 Å². The average Bonchev–Trinajstić information content (AvgIpc) is 3.24. The normalized spacial score (nSPS) is 15.2. The van der Waals surface area contributed by atoms with Crippen molar-refractivity contribution < 1.29 is 36.0 Å². The van der Waals surface area contributed by atoms with Crippen LogP contribution in [-0.2, 0) is 59.4 Å². The Labute approximate surface area is 391 Å². The highest BCUT2D eigenvalue weighted by Crippen LogP contribution is 2.42. The molecule has 66 heavy (non-hydrogen) atoms. The number of guanidine groups is 1. The fourth-order valence-electron chi connectivity index (χ4n) is 8.20. The van der Waals surface area contributed by atoms with Gasteiger partial charge >= 0.3 is 0 Å². The molecule has 14 nitrogen and oxygen atoms in total. The largest absolute Gasteiger partial charge is 0.487 e. The van der Waals surface area contributed by atoms with Gasteiger partial charge in [-0.25, -0.2) is 26.3 Å². The molecule has 4 aromatic carbocycles. The number of nitrogens with two attached hydrogens (primary N) is 1. The second-order valence-electron chi connectivity index (χ2n) is 18.2. The van der Waals surface area contributed by atoms with Crippen LogP contribution in [0.3, 0.4) is 0 Å². The summed E-state index contributed by atoms with van der Waals surface area (Å²) in [5.74, 6) is -1.45. The first-order chi connectivity index (χ1) is 31.1. The van der Waals surface area contributed by atoms with E-state index >= 15 is 0 Å². The van der Waals surface area contributed by atoms with E-state index in [9.17, 15) is 31.2 Å². The molecule has 3 atom stereocenters. The Hall–Kier alpha value is -5.58. The maximum Gasteiger partial charge on any atom is 0.264 e. The van der Waals surface area contributed by atoms with E-state index in [0.29, 0.717) is 36.0 Å². The molecule has 0 aromatic heterocycles. The predicted molar refractivity (Wildman–Crippen MR) is 259 cm³/mol. The zero-order valence-corrected chi connectivity index (χ0v) is 40.8. The fraction of sp³-hybridized carbons (Fsp3) is 0.440. The molecule has 0 unspecified atom stereocenters. The smallest absolute Gasteiger partial charge is 0.264 e. The first-order valence-electron chi connectivity index (χ1n) is 22.5. The second kappa shape index (κ2) is 22.7. The van der Waals surface area contributed by atoms with Gasteiger partial charge in [0.05, 0.1) is 16.7 Å². The van der Waals surface area contributed by atoms with Crippen molar-refractivity contribution >= 4 is 43.6 Å². The molecule has 6 N–H and O–H groups in total. The van der Waals surface area contributed by atoms with Gasteiger partial charge in [-0.3, -0.25) is 19.4 Å². The lowest BCUT2D eigenvalue weighted by molar-refractivity contribution is -0.132. The van der Waals surface area contributed by atoms with Crippen LogP contribution in [0.4, 0.5) is 0 Å². The average molecular weight is 943 g/mol. The van der Waals surface area contributed by atoms with Gasteiger partial charge < -0.3 is 21.1 Å². The quantitative estimate of drug-likeness (QED) is 0.0353. The summed E-state index contributed by atoms with van der Waals surface area (Å²) in [6.07, 6.45) is 2.77. The van der Waals surface area contributed by atoms with Crippen LogP contribution < -0.4 is 30.5 Å². The lowest BCUT2D eigenvalue weighted by Gasteiger charge is -2.35. The first kappa shape index (κ1) is 51.4. The number of carbonyl (C=O) groups excluding carboxylic acids is 3. The van der Waals surface area contributed by atoms with Crippen molar-refractivity contribution in [3.63, 3.8) is 0 Å². The molecule has 2 amide bonds. The maximum atomic E-state index is 14.2. The van der Waals surface area contributed by atoms with E-state index in [4.69, 9.17) is 10.5 Å². The molecule has 1 heterocycles. The van der Waals surface area contributed by atoms with Gasteiger partial charge in [0.15, 0.2) is 5.78 Å². The number of sulfonamides is 2. The van der Waals surface area contributed by atoms with Crippen LogP contribution in [-0.4, -0.2) is 70.7 Å². The molecule has 0 radical (unpaired) electrons. The van der Waals surface area contributed by atoms with Crippen LogP contribution in [0.1, 0.15) is 98.7 Å². The van der Waals surface area contributed by atoms with Crippen LogP contribution in [0.25, 0.3) is 0 Å². The summed E-state index contributed by atoms with van der Waals surface area (Å²) in [5, 5.41) is 5.72. The number of unbranched alkanes of at least 4 members (excludes halogenated alkanes) is 1. The number of ketones is 1. The fourth-order valence-corrected chi connectivity index (χ4v) is 11.1. The highest BCUT2D eigenvalue weighted by atomic mass is 32.2. The van der Waals surface area contributed by atoms with Gasteiger partial charge in [-0.2, -0.15) is 0 Å². The Morgan fingerprint density at radius 3 is 1.91 bits per heavy atom. The number of hydrogen-bond donors (Lipinski definition) is 5. The van der Waals surface area contributed by atoms with Crippen molar-refractivity contribution in [2.45, 2.75) is 134 Å². The number of rotatable bonds is 22. The molecule has 0 aliphatic carbocycles. The van der Waals surface area contributed by atoms with E-state index < -0.39 is 50.0 Å². The van der Waals surface area contributed by atoms with Gasteiger partial charge in [0.2, 0.25) is 27.8 Å². The second-order valence-corrected chi connectivity index (χ2v) is 21.6. The molecule has 0 bridgehead atoms. The minimum atomic E-state index is -4.10. The molecule has 1 aliphatic heterocycles. The van der Waals surface area contributed by atoms with Crippen LogP contribution in [0.5, 0.6) is 5.75 Å². The number of hydrogen-bond acceptors (Lipinski definition) is 9. The number of nitrogens with zero attached hydrogens (tertiary/aromatic N) is 1. The molecule has 1 aliphatic rings. The SMILES string of the molecule is Cc1c(C)c(S(=O)(=O)NC(N)=NCCCC[C@H](NC(=O)[C@H](CC(C)C)NC(=O)[C@H](Cc2ccccc2)NS(=O)(=O)Cc2ccccc2)C(=O)Cc2ccccc2)c(C)c2c1OC(C)(C)CC2. The molecular weight excluding hydrogens is 877 g/mol. The highest BCUT2D eigenvalue weighted by Gasteiger charge is 2.35. The number of benzene rings is 4. The van der Waals surface area contributed by atoms with Gasteiger partial charge in [-0.15, -0.1) is 0 Å². The van der Waals surface area contributed by atoms with Crippen LogP contribution in [0.2, 0.25) is 0 Å². The van der Waals surface area contributed by atoms with E-state index in [1.807, 2.05) is 71.0 Å². The number of ether oxygens (including phenoxy) is 1. The van der Waals surface area contributed by atoms with Crippen molar-refractivity contribution in [2.24, 2.45) is 16.6 Å². The molecule has 0 saturated carbocycles. The maximum absolute atomic E-state index is 14.2. The summed E-state index contributed by atoms with van der Waals surface area (Å²) >= 11 is 0. The van der Waals surface area contributed by atoms with Crippen molar-refractivity contribution in [2.75, 3.05) is 6.54 Å². The van der Waals surface area contributed by atoms with E-state index in [0.717, 1.165) is 34.4 Å². The Morgan fingerprint density at radius 1 is 0.742 bits per heavy atom. The molecule has 0 fully saturated rings. The Bertz CT molecular complexity index is 2570. The van der Waals surface area contributed by atoms with Crippen LogP contribution in [0, 0.1) is 26.7 Å². The van der Waals surface area contributed by atoms with Crippen molar-refractivity contribution in [3.05, 3.63) is 130 Å². The van der Waals surface area contributed by atoms with Crippen LogP contribution in [0.15, 0.2) is 101 Å². The third-order valence-corrected chi connectivity index (χ3v) is 14.7. The van der Waals surface area contributed by atoms with Crippen molar-refractivity contribution in [1.29, 1.82) is 0 Å². The van der Waals surface area contributed by atoms with E-state index in [1.165, 1.54) is 0 Å². The van der Waals surface area contributed by atoms with Gasteiger partial charge in [-0.05, 0) is 124 Å². The Kier molecular flexibility index (Phi) is 17.7. The summed E-state index contributed by atoms with van der Waals surface area (Å²) in [6, 6.07) is 23.5. The number of carbonyl (C=O) groups is 3. The summed E-state index contributed by atoms with van der Waals surface area (Å²) < 4.78 is 65.6. The minimum Gasteiger partial charge on any atom is -0.487 e. The van der Waals surface area contributed by atoms with Gasteiger partial charge in [0, 0.05) is 13.0 Å². The van der Waals surface area contributed by atoms with Gasteiger partial charge in [0.25, 0.3) is 10.0 Å². The monoisotopic (exact) mass is 942 g/mol. The standard InChI is InChI=1S/C50H66N6O8S2/c1-33(2)29-42(54-48(59)43(30-37-19-11-8-12-20-37)55-65(60,61)32-39-23-15-10-16-24-39)47(58)53-41(44(57)31-38-21-13-9-14-22-38)25-17-18-28-52-49(51)56-66(62,63)46-35(4)34(3)45-40(36(46)5)26-27-50(6,7)64-45/h8-16,19-24,33,41-43,55H,17-18,25-32H2,1-7H3,(H,53,58)(H,54,59)(H3,51,52,56)/t41-,42-,43-/m0/s1. The molecule has 4 aromatic rings. The molecule has 356 valence electrons. The number of amides is 2. The summed E-state index contributed by atoms with van der Waals surface area (Å²) in [4.78, 5) is 46.6. The third kappa shape index (κ3) is 14.7. The number of nitrogens with one attached hydrogen (secondary N) is 4. The number of fused-ring (bicyclic) bond motifs is 1. The first-order valence-corrected chi connectivity index (χ1v) is 25.7. The van der Waals surface area contributed by atoms with E-state index in [-0.39, 0.29) is 66.1 Å². The van der Waals surface area contributed by atoms with Gasteiger partial charge in [-0.1, -0.05) is 105 Å². The van der Waals surface area contributed by atoms with E-state index in [2.05, 4.69) is 25.1 Å². The van der Waals surface area contributed by atoms with Gasteiger partial charge in [0.1, 0.15) is 23.4 Å². The summed E-state index contributed by atoms with van der Waals surface area (Å²) in [7, 11) is -8.11. The summed E-state index contributed by atoms with van der Waals surface area (Å²) in [6.45, 7) is 13.4. The molecule has 5 rings (SSSR count). The third-order valence-electron chi connectivity index (χ3n) is 11.7. The molecule has 16 heteroatoms. The number of Topliss-reactive ketones (excluding diaryl/α,β-unsaturated/α-hetero) is 1. The lowest BCUT2D eigenvalue weighted by Crippen LogP contribution is -2.56. The van der Waals surface area contributed by atoms with Crippen molar-refractivity contribution in [3.8, 4) is 5.75 Å². The number of aliphatic imine (C=N–C) groups is 1. The van der Waals surface area contributed by atoms with Crippen LogP contribution >= 0.6 is 0 Å². The molecule has 0 saturated heterocycles. The highest BCUT2D eigenvalue weighted by molar-refractivity contribution is 7.90. The Morgan fingerprint density at radius 2 is 1.30 bits per heavy atom. The predicted octanol–water partition coefficient (Wildman–Crippen LogP) is 6.04. The zero-order chi connectivity index (χ0) is 48.2. The Balaban J connectivity index is 1.27. The zero-order valence-electron chi connectivity index (χ0n) is 39.1. The van der Waals surface area contributed by atoms with E-state index in [1.54, 1.807) is 68.4 Å². The minimum absolute atomic E-state index is 0.0321. The van der Waals surface area contributed by atoms with Crippen molar-refractivity contribution in [1.82, 2.24) is 20.1 Å². The lowest BCUT2D eigenvalue weighted by atomic mass is 9.88. The molecule has 0 spiro atoms.